The maximum Gasteiger partial charge on any atom is 0.253 e. The average Bonchev–Trinajstić information content (AvgIpc) is 3.19. The number of carbonyl (C=O) groups is 1. The van der Waals surface area contributed by atoms with Gasteiger partial charge in [-0.2, -0.15) is 0 Å². The fourth-order valence-corrected chi connectivity index (χ4v) is 4.36. The van der Waals surface area contributed by atoms with Crippen molar-refractivity contribution in [2.75, 3.05) is 45.9 Å². The van der Waals surface area contributed by atoms with E-state index < -0.39 is 0 Å². The van der Waals surface area contributed by atoms with Crippen molar-refractivity contribution in [1.82, 2.24) is 9.80 Å². The molecule has 7 heteroatoms. The molecular formula is C23H31Cl2N3O2. The van der Waals surface area contributed by atoms with Crippen molar-refractivity contribution in [2.45, 2.75) is 12.5 Å². The Morgan fingerprint density at radius 1 is 1.00 bits per heavy atom. The van der Waals surface area contributed by atoms with Crippen molar-refractivity contribution in [2.24, 2.45) is 11.7 Å². The summed E-state index contributed by atoms with van der Waals surface area (Å²) in [4.78, 5) is 17.5. The summed E-state index contributed by atoms with van der Waals surface area (Å²) in [5, 5.41) is 0. The van der Waals surface area contributed by atoms with Crippen LogP contribution in [0.1, 0.15) is 27.4 Å². The van der Waals surface area contributed by atoms with Crippen molar-refractivity contribution in [3.05, 3.63) is 71.3 Å². The molecule has 0 aromatic heterocycles. The third kappa shape index (κ3) is 5.74. The van der Waals surface area contributed by atoms with E-state index in [0.29, 0.717) is 18.4 Å². The topological polar surface area (TPSA) is 58.8 Å². The number of likely N-dealkylation sites (tertiary alicyclic amines) is 1. The third-order valence-electron chi connectivity index (χ3n) is 5.94. The quantitative estimate of drug-likeness (QED) is 0.757. The molecule has 0 bridgehead atoms. The van der Waals surface area contributed by atoms with Crippen LogP contribution in [-0.4, -0.2) is 61.6 Å². The van der Waals surface area contributed by atoms with Crippen molar-refractivity contribution in [3.63, 3.8) is 0 Å². The second-order valence-electron chi connectivity index (χ2n) is 7.81. The summed E-state index contributed by atoms with van der Waals surface area (Å²) >= 11 is 0. The molecule has 2 atom stereocenters. The smallest absolute Gasteiger partial charge is 0.253 e. The van der Waals surface area contributed by atoms with Crippen LogP contribution < -0.4 is 5.73 Å². The third-order valence-corrected chi connectivity index (χ3v) is 5.94. The number of nitrogens with zero attached hydrogens (tertiary/aromatic N) is 2. The van der Waals surface area contributed by atoms with Gasteiger partial charge in [0.15, 0.2) is 0 Å². The van der Waals surface area contributed by atoms with Crippen molar-refractivity contribution in [3.8, 4) is 0 Å². The molecule has 30 heavy (non-hydrogen) atoms. The zero-order chi connectivity index (χ0) is 19.3. The lowest BCUT2D eigenvalue weighted by atomic mass is 9.89. The molecule has 0 saturated carbocycles. The molecule has 0 aliphatic carbocycles. The summed E-state index contributed by atoms with van der Waals surface area (Å²) in [7, 11) is 0. The van der Waals surface area contributed by atoms with Gasteiger partial charge in [0, 0.05) is 44.2 Å². The molecular weight excluding hydrogens is 421 g/mol. The van der Waals surface area contributed by atoms with Gasteiger partial charge in [0.2, 0.25) is 0 Å². The molecule has 4 rings (SSSR count). The zero-order valence-corrected chi connectivity index (χ0v) is 18.7. The van der Waals surface area contributed by atoms with Gasteiger partial charge in [0.05, 0.1) is 13.2 Å². The second kappa shape index (κ2) is 11.7. The predicted molar refractivity (Wildman–Crippen MR) is 125 cm³/mol. The van der Waals surface area contributed by atoms with Gasteiger partial charge in [-0.15, -0.1) is 24.8 Å². The van der Waals surface area contributed by atoms with Crippen LogP contribution in [0.2, 0.25) is 0 Å². The van der Waals surface area contributed by atoms with Crippen LogP contribution in [0.5, 0.6) is 0 Å². The number of hydrogen-bond acceptors (Lipinski definition) is 4. The Balaban J connectivity index is 0.00000160. The van der Waals surface area contributed by atoms with Crippen LogP contribution in [0.25, 0.3) is 0 Å². The standard InChI is InChI=1S/C23H29N3O2.2ClH/c24-14-21-16-26(17-22(21)19-6-2-1-3-7-19)23(27)20-8-4-5-18(13-20)15-25-9-11-28-12-10-25;;/h1-8,13,21-22H,9-12,14-17,24H2;2*1H/t21-,22+;;/m1../s1. The lowest BCUT2D eigenvalue weighted by Gasteiger charge is -2.26. The Hall–Kier alpha value is -1.63. The fraction of sp³-hybridized carbons (Fsp3) is 0.435. The summed E-state index contributed by atoms with van der Waals surface area (Å²) in [6, 6.07) is 18.5. The largest absolute Gasteiger partial charge is 0.379 e. The normalized spacial score (nSPS) is 21.6. The highest BCUT2D eigenvalue weighted by Gasteiger charge is 2.35. The molecule has 164 valence electrons. The van der Waals surface area contributed by atoms with E-state index in [1.54, 1.807) is 0 Å². The Kier molecular flexibility index (Phi) is 9.59. The van der Waals surface area contributed by atoms with E-state index in [4.69, 9.17) is 10.5 Å². The molecule has 2 N–H and O–H groups in total. The highest BCUT2D eigenvalue weighted by molar-refractivity contribution is 5.94. The summed E-state index contributed by atoms with van der Waals surface area (Å²) in [6.07, 6.45) is 0. The summed E-state index contributed by atoms with van der Waals surface area (Å²) in [5.41, 5.74) is 9.27. The minimum absolute atomic E-state index is 0. The van der Waals surface area contributed by atoms with E-state index in [2.05, 4.69) is 35.2 Å². The first-order valence-electron chi connectivity index (χ1n) is 10.2. The number of ether oxygens (including phenoxy) is 1. The SMILES string of the molecule is Cl.Cl.NC[C@@H]1CN(C(=O)c2cccc(CN3CCOCC3)c2)C[C@H]1c1ccccc1. The molecule has 2 aliphatic heterocycles. The second-order valence-corrected chi connectivity index (χ2v) is 7.81. The van der Waals surface area contributed by atoms with Crippen LogP contribution in [0.3, 0.4) is 0 Å². The average molecular weight is 452 g/mol. The lowest BCUT2D eigenvalue weighted by molar-refractivity contribution is 0.0341. The highest BCUT2D eigenvalue weighted by atomic mass is 35.5. The maximum absolute atomic E-state index is 13.2. The number of morpholine rings is 1. The number of carbonyl (C=O) groups excluding carboxylic acids is 1. The van der Waals surface area contributed by atoms with Crippen LogP contribution in [0.15, 0.2) is 54.6 Å². The Bertz CT molecular complexity index is 800. The van der Waals surface area contributed by atoms with Crippen LogP contribution >= 0.6 is 24.8 Å². The molecule has 0 radical (unpaired) electrons. The summed E-state index contributed by atoms with van der Waals surface area (Å²) in [5.74, 6) is 0.732. The number of halogens is 2. The van der Waals surface area contributed by atoms with Gasteiger partial charge >= 0.3 is 0 Å². The number of amides is 1. The van der Waals surface area contributed by atoms with E-state index in [0.717, 1.165) is 51.5 Å². The number of nitrogens with two attached hydrogens (primary N) is 1. The zero-order valence-electron chi connectivity index (χ0n) is 17.1. The number of benzene rings is 2. The molecule has 5 nitrogen and oxygen atoms in total. The first kappa shape index (κ1) is 24.6. The lowest BCUT2D eigenvalue weighted by Crippen LogP contribution is -2.35. The van der Waals surface area contributed by atoms with Crippen molar-refractivity contribution >= 4 is 30.7 Å². The Labute approximate surface area is 191 Å². The van der Waals surface area contributed by atoms with Crippen LogP contribution in [-0.2, 0) is 11.3 Å². The van der Waals surface area contributed by atoms with E-state index in [9.17, 15) is 4.79 Å². The van der Waals surface area contributed by atoms with Gasteiger partial charge in [-0.25, -0.2) is 0 Å². The molecule has 2 aliphatic rings. The van der Waals surface area contributed by atoms with Crippen molar-refractivity contribution in [1.29, 1.82) is 0 Å². The Morgan fingerprint density at radius 2 is 1.73 bits per heavy atom. The molecule has 2 aromatic carbocycles. The molecule has 2 heterocycles. The highest BCUT2D eigenvalue weighted by Crippen LogP contribution is 2.32. The van der Waals surface area contributed by atoms with Gasteiger partial charge < -0.3 is 15.4 Å². The fourth-order valence-electron chi connectivity index (χ4n) is 4.36. The molecule has 0 unspecified atom stereocenters. The predicted octanol–water partition coefficient (Wildman–Crippen LogP) is 3.18. The van der Waals surface area contributed by atoms with E-state index in [-0.39, 0.29) is 30.7 Å². The van der Waals surface area contributed by atoms with Gasteiger partial charge in [-0.3, -0.25) is 9.69 Å². The number of rotatable bonds is 5. The van der Waals surface area contributed by atoms with E-state index in [1.165, 1.54) is 11.1 Å². The van der Waals surface area contributed by atoms with Gasteiger partial charge in [0.1, 0.15) is 0 Å². The monoisotopic (exact) mass is 451 g/mol. The van der Waals surface area contributed by atoms with E-state index >= 15 is 0 Å². The van der Waals surface area contributed by atoms with Gasteiger partial charge in [-0.1, -0.05) is 42.5 Å². The summed E-state index contributed by atoms with van der Waals surface area (Å²) < 4.78 is 5.42. The minimum atomic E-state index is 0. The summed E-state index contributed by atoms with van der Waals surface area (Å²) in [6.45, 7) is 6.38. The Morgan fingerprint density at radius 3 is 2.43 bits per heavy atom. The first-order chi connectivity index (χ1) is 13.7. The molecule has 2 saturated heterocycles. The minimum Gasteiger partial charge on any atom is -0.379 e. The maximum atomic E-state index is 13.2. The van der Waals surface area contributed by atoms with Gasteiger partial charge in [0.25, 0.3) is 5.91 Å². The number of hydrogen-bond donors (Lipinski definition) is 1. The molecule has 1 amide bonds. The molecule has 2 aromatic rings. The van der Waals surface area contributed by atoms with Gasteiger partial charge in [-0.05, 0) is 35.7 Å². The van der Waals surface area contributed by atoms with E-state index in [1.807, 2.05) is 29.2 Å². The van der Waals surface area contributed by atoms with Crippen LogP contribution in [0.4, 0.5) is 0 Å². The molecule has 0 spiro atoms. The van der Waals surface area contributed by atoms with Crippen molar-refractivity contribution < 1.29 is 9.53 Å². The van der Waals surface area contributed by atoms with Crippen LogP contribution in [0, 0.1) is 5.92 Å². The molecule has 2 fully saturated rings. The first-order valence-corrected chi connectivity index (χ1v) is 10.2.